The van der Waals surface area contributed by atoms with E-state index < -0.39 is 6.23 Å². The maximum Gasteiger partial charge on any atom is 0.253 e. The SMILES string of the molecule is CCN(CC)C(=O)c1ccc(C(=O)NC)c(NC(O)c2nc(C(C)(C)C)ncc2Nc2cncnc2)c1. The molecule has 1 aromatic carbocycles. The van der Waals surface area contributed by atoms with Gasteiger partial charge in [-0.25, -0.2) is 19.9 Å². The van der Waals surface area contributed by atoms with Crippen LogP contribution >= 0.6 is 0 Å². The molecule has 3 rings (SSSR count). The van der Waals surface area contributed by atoms with Gasteiger partial charge in [0.2, 0.25) is 0 Å². The van der Waals surface area contributed by atoms with Crippen molar-refractivity contribution in [1.82, 2.24) is 30.2 Å². The summed E-state index contributed by atoms with van der Waals surface area (Å²) in [7, 11) is 1.52. The van der Waals surface area contributed by atoms with E-state index in [1.54, 1.807) is 41.7 Å². The Kier molecular flexibility index (Phi) is 8.72. The molecule has 0 bridgehead atoms. The number of aliphatic hydroxyl groups excluding tert-OH is 1. The summed E-state index contributed by atoms with van der Waals surface area (Å²) in [6.45, 7) is 10.8. The summed E-state index contributed by atoms with van der Waals surface area (Å²) in [6.07, 6.45) is 4.81. The predicted octanol–water partition coefficient (Wildman–Crippen LogP) is 3.25. The molecule has 11 nitrogen and oxygen atoms in total. The van der Waals surface area contributed by atoms with E-state index in [1.807, 2.05) is 34.6 Å². The van der Waals surface area contributed by atoms with E-state index in [4.69, 9.17) is 0 Å². The molecule has 0 saturated heterocycles. The Bertz CT molecular complexity index is 1240. The van der Waals surface area contributed by atoms with Gasteiger partial charge in [-0.15, -0.1) is 0 Å². The first-order chi connectivity index (χ1) is 17.6. The molecular weight excluding hydrogens is 472 g/mol. The zero-order chi connectivity index (χ0) is 27.2. The molecule has 0 aliphatic carbocycles. The molecule has 0 saturated carbocycles. The summed E-state index contributed by atoms with van der Waals surface area (Å²) in [5.41, 5.74) is 1.84. The van der Waals surface area contributed by atoms with Crippen LogP contribution in [0.5, 0.6) is 0 Å². The van der Waals surface area contributed by atoms with Crippen molar-refractivity contribution in [2.24, 2.45) is 0 Å². The monoisotopic (exact) mass is 506 g/mol. The van der Waals surface area contributed by atoms with Gasteiger partial charge in [-0.3, -0.25) is 9.59 Å². The highest BCUT2D eigenvalue weighted by atomic mass is 16.3. The Hall–Kier alpha value is -4.12. The average Bonchev–Trinajstić information content (AvgIpc) is 2.89. The quantitative estimate of drug-likeness (QED) is 0.321. The second-order valence-corrected chi connectivity index (χ2v) is 9.36. The first kappa shape index (κ1) is 27.5. The largest absolute Gasteiger partial charge is 0.368 e. The summed E-state index contributed by atoms with van der Waals surface area (Å²) in [6, 6.07) is 4.73. The number of rotatable bonds is 9. The van der Waals surface area contributed by atoms with Crippen molar-refractivity contribution < 1.29 is 14.7 Å². The number of anilines is 3. The van der Waals surface area contributed by atoms with E-state index in [9.17, 15) is 14.7 Å². The number of hydrogen-bond donors (Lipinski definition) is 4. The van der Waals surface area contributed by atoms with Gasteiger partial charge in [0, 0.05) is 36.8 Å². The minimum Gasteiger partial charge on any atom is -0.368 e. The summed E-state index contributed by atoms with van der Waals surface area (Å²) in [5.74, 6) is -0.0147. The third-order valence-electron chi connectivity index (χ3n) is 5.67. The second kappa shape index (κ2) is 11.7. The Balaban J connectivity index is 2.05. The summed E-state index contributed by atoms with van der Waals surface area (Å²) >= 11 is 0. The normalized spacial score (nSPS) is 12.0. The lowest BCUT2D eigenvalue weighted by Gasteiger charge is -2.23. The molecule has 1 unspecified atom stereocenters. The number of carbonyl (C=O) groups excluding carboxylic acids is 2. The van der Waals surface area contributed by atoms with Gasteiger partial charge in [0.15, 0.2) is 6.23 Å². The minimum absolute atomic E-state index is 0.172. The number of aromatic nitrogens is 4. The van der Waals surface area contributed by atoms with Crippen molar-refractivity contribution in [3.8, 4) is 0 Å². The van der Waals surface area contributed by atoms with Crippen molar-refractivity contribution in [3.05, 3.63) is 65.8 Å². The molecule has 2 amide bonds. The first-order valence-corrected chi connectivity index (χ1v) is 12.1. The number of nitrogens with one attached hydrogen (secondary N) is 3. The van der Waals surface area contributed by atoms with Crippen molar-refractivity contribution >= 4 is 28.9 Å². The molecule has 0 radical (unpaired) electrons. The lowest BCUT2D eigenvalue weighted by molar-refractivity contribution is 0.0772. The number of aliphatic hydroxyl groups is 1. The summed E-state index contributed by atoms with van der Waals surface area (Å²) in [5, 5.41) is 20.0. The molecule has 0 aliphatic rings. The van der Waals surface area contributed by atoms with Gasteiger partial charge >= 0.3 is 0 Å². The van der Waals surface area contributed by atoms with Gasteiger partial charge in [-0.1, -0.05) is 20.8 Å². The van der Waals surface area contributed by atoms with Gasteiger partial charge in [0.05, 0.1) is 35.5 Å². The fraction of sp³-hybridized carbons (Fsp3) is 0.385. The molecule has 11 heteroatoms. The van der Waals surface area contributed by atoms with Gasteiger partial charge in [0.25, 0.3) is 11.8 Å². The fourth-order valence-electron chi connectivity index (χ4n) is 3.62. The third-order valence-corrected chi connectivity index (χ3v) is 5.67. The zero-order valence-corrected chi connectivity index (χ0v) is 22.0. The standard InChI is InChI=1S/C26H34N8O3/c1-7-34(8-2)24(37)16-9-10-18(22(35)27-6)19(11-16)32-23(36)21-20(31-17-12-28-15-29-13-17)14-30-25(33-21)26(3,4)5/h9-15,23,31-32,36H,7-8H2,1-6H3,(H,27,35). The van der Waals surface area contributed by atoms with E-state index in [-0.39, 0.29) is 34.2 Å². The minimum atomic E-state index is -1.35. The van der Waals surface area contributed by atoms with E-state index in [0.717, 1.165) is 0 Å². The molecule has 0 fully saturated rings. The van der Waals surface area contributed by atoms with Crippen LogP contribution < -0.4 is 16.0 Å². The highest BCUT2D eigenvalue weighted by molar-refractivity contribution is 6.02. The van der Waals surface area contributed by atoms with E-state index >= 15 is 0 Å². The zero-order valence-electron chi connectivity index (χ0n) is 22.0. The van der Waals surface area contributed by atoms with Crippen LogP contribution in [0.4, 0.5) is 17.1 Å². The Morgan fingerprint density at radius 3 is 2.32 bits per heavy atom. The molecule has 1 atom stereocenters. The summed E-state index contributed by atoms with van der Waals surface area (Å²) < 4.78 is 0. The molecule has 2 heterocycles. The molecule has 0 aliphatic heterocycles. The third kappa shape index (κ3) is 6.56. The fourth-order valence-corrected chi connectivity index (χ4v) is 3.62. The smallest absolute Gasteiger partial charge is 0.253 e. The van der Waals surface area contributed by atoms with Crippen LogP contribution in [0.25, 0.3) is 0 Å². The van der Waals surface area contributed by atoms with Crippen LogP contribution in [0.3, 0.4) is 0 Å². The van der Waals surface area contributed by atoms with Crippen molar-refractivity contribution in [2.45, 2.75) is 46.3 Å². The Morgan fingerprint density at radius 2 is 1.73 bits per heavy atom. The number of hydrogen-bond acceptors (Lipinski definition) is 9. The lowest BCUT2D eigenvalue weighted by Crippen LogP contribution is -2.30. The van der Waals surface area contributed by atoms with Crippen molar-refractivity contribution in [1.29, 1.82) is 0 Å². The van der Waals surface area contributed by atoms with Crippen molar-refractivity contribution in [2.75, 3.05) is 30.8 Å². The van der Waals surface area contributed by atoms with Gasteiger partial charge < -0.3 is 26.0 Å². The number of carbonyl (C=O) groups is 2. The van der Waals surface area contributed by atoms with Gasteiger partial charge in [-0.05, 0) is 32.0 Å². The van der Waals surface area contributed by atoms with Crippen LogP contribution in [-0.2, 0) is 5.41 Å². The lowest BCUT2D eigenvalue weighted by atomic mass is 9.95. The maximum atomic E-state index is 13.0. The van der Waals surface area contributed by atoms with Crippen LogP contribution in [0.2, 0.25) is 0 Å². The number of amides is 2. The first-order valence-electron chi connectivity index (χ1n) is 12.1. The molecule has 4 N–H and O–H groups in total. The van der Waals surface area contributed by atoms with Crippen LogP contribution in [0.15, 0.2) is 43.1 Å². The second-order valence-electron chi connectivity index (χ2n) is 9.36. The van der Waals surface area contributed by atoms with E-state index in [2.05, 4.69) is 35.9 Å². The molecule has 196 valence electrons. The topological polar surface area (TPSA) is 145 Å². The summed E-state index contributed by atoms with van der Waals surface area (Å²) in [4.78, 5) is 44.4. The highest BCUT2D eigenvalue weighted by Gasteiger charge is 2.24. The van der Waals surface area contributed by atoms with Gasteiger partial charge in [0.1, 0.15) is 17.8 Å². The maximum absolute atomic E-state index is 13.0. The molecular formula is C26H34N8O3. The van der Waals surface area contributed by atoms with Gasteiger partial charge in [-0.2, -0.15) is 0 Å². The number of benzene rings is 1. The predicted molar refractivity (Wildman–Crippen MR) is 142 cm³/mol. The molecule has 0 spiro atoms. The highest BCUT2D eigenvalue weighted by Crippen LogP contribution is 2.30. The van der Waals surface area contributed by atoms with Crippen LogP contribution in [-0.4, -0.2) is 61.9 Å². The van der Waals surface area contributed by atoms with Crippen LogP contribution in [0, 0.1) is 0 Å². The van der Waals surface area contributed by atoms with Crippen molar-refractivity contribution in [3.63, 3.8) is 0 Å². The molecule has 2 aromatic heterocycles. The van der Waals surface area contributed by atoms with E-state index in [1.165, 1.54) is 13.4 Å². The molecule has 37 heavy (non-hydrogen) atoms. The Morgan fingerprint density at radius 1 is 1.05 bits per heavy atom. The molecule has 3 aromatic rings. The van der Waals surface area contributed by atoms with E-state index in [0.29, 0.717) is 35.9 Å². The number of nitrogens with zero attached hydrogens (tertiary/aromatic N) is 5. The van der Waals surface area contributed by atoms with Crippen LogP contribution in [0.1, 0.15) is 73.1 Å². The Labute approximate surface area is 216 Å². The average molecular weight is 507 g/mol.